The van der Waals surface area contributed by atoms with Crippen LogP contribution in [0.4, 0.5) is 0 Å². The van der Waals surface area contributed by atoms with Crippen LogP contribution in [-0.4, -0.2) is 29.2 Å². The van der Waals surface area contributed by atoms with Gasteiger partial charge in [-0.2, -0.15) is 0 Å². The van der Waals surface area contributed by atoms with Gasteiger partial charge in [0.25, 0.3) is 0 Å². The zero-order valence-corrected chi connectivity index (χ0v) is 13.3. The molecule has 3 N–H and O–H groups in total. The molecule has 1 aliphatic carbocycles. The van der Waals surface area contributed by atoms with Crippen molar-refractivity contribution in [2.45, 2.75) is 43.9 Å². The zero-order valence-electron chi connectivity index (χ0n) is 12.5. The van der Waals surface area contributed by atoms with Gasteiger partial charge in [-0.3, -0.25) is 9.78 Å². The number of nitrogens with zero attached hydrogens (tertiary/aromatic N) is 1. The van der Waals surface area contributed by atoms with Crippen LogP contribution in [0.25, 0.3) is 0 Å². The van der Waals surface area contributed by atoms with E-state index >= 15 is 0 Å². The number of hydrogen-bond donors (Lipinski definition) is 2. The highest BCUT2D eigenvalue weighted by Crippen LogP contribution is 2.26. The van der Waals surface area contributed by atoms with Gasteiger partial charge in [0.05, 0.1) is 11.4 Å². The molecule has 0 radical (unpaired) electrons. The summed E-state index contributed by atoms with van der Waals surface area (Å²) in [6.45, 7) is 0.543. The number of nitrogens with two attached hydrogens (primary N) is 1. The van der Waals surface area contributed by atoms with Gasteiger partial charge in [0.1, 0.15) is 0 Å². The minimum atomic E-state index is 0.0944. The monoisotopic (exact) mass is 307 g/mol. The Bertz CT molecular complexity index is 421. The maximum absolute atomic E-state index is 12.0. The first-order valence-electron chi connectivity index (χ1n) is 7.76. The molecule has 0 saturated heterocycles. The summed E-state index contributed by atoms with van der Waals surface area (Å²) in [5.41, 5.74) is 6.85. The summed E-state index contributed by atoms with van der Waals surface area (Å²) in [6.07, 6.45) is 8.04. The maximum Gasteiger partial charge on any atom is 0.230 e. The van der Waals surface area contributed by atoms with Gasteiger partial charge in [-0.05, 0) is 30.9 Å². The molecule has 1 aromatic heterocycles. The molecule has 4 nitrogen and oxygen atoms in total. The lowest BCUT2D eigenvalue weighted by molar-refractivity contribution is -0.119. The Balaban J connectivity index is 1.70. The molecular weight excluding hydrogens is 282 g/mol. The second-order valence-corrected chi connectivity index (χ2v) is 6.61. The predicted octanol–water partition coefficient (Wildman–Crippen LogP) is 2.34. The number of pyridine rings is 1. The van der Waals surface area contributed by atoms with Gasteiger partial charge < -0.3 is 11.1 Å². The van der Waals surface area contributed by atoms with E-state index in [4.69, 9.17) is 5.73 Å². The van der Waals surface area contributed by atoms with E-state index in [0.717, 1.165) is 11.4 Å². The van der Waals surface area contributed by atoms with Gasteiger partial charge in [-0.25, -0.2) is 0 Å². The minimum absolute atomic E-state index is 0.0944. The molecule has 0 aromatic carbocycles. The molecule has 0 aliphatic heterocycles. The fraction of sp³-hybridized carbons (Fsp3) is 0.625. The Morgan fingerprint density at radius 2 is 2.19 bits per heavy atom. The third-order valence-electron chi connectivity index (χ3n) is 4.03. The quantitative estimate of drug-likeness (QED) is 0.811. The molecular formula is C16H25N3OS. The average Bonchev–Trinajstić information content (AvgIpc) is 2.54. The number of carbonyl (C=O) groups is 1. The number of carbonyl (C=O) groups excluding carboxylic acids is 1. The molecule has 116 valence electrons. The van der Waals surface area contributed by atoms with Crippen LogP contribution in [0.15, 0.2) is 24.4 Å². The summed E-state index contributed by atoms with van der Waals surface area (Å²) in [5.74, 6) is 1.90. The Hall–Kier alpha value is -1.07. The fourth-order valence-electron chi connectivity index (χ4n) is 2.89. The summed E-state index contributed by atoms with van der Waals surface area (Å²) in [5, 5.41) is 3.12. The van der Waals surface area contributed by atoms with Crippen LogP contribution in [0.5, 0.6) is 0 Å². The number of rotatable bonds is 7. The maximum atomic E-state index is 12.0. The Morgan fingerprint density at radius 1 is 1.38 bits per heavy atom. The highest BCUT2D eigenvalue weighted by molar-refractivity contribution is 7.99. The summed E-state index contributed by atoms with van der Waals surface area (Å²) >= 11 is 1.60. The van der Waals surface area contributed by atoms with Crippen molar-refractivity contribution in [2.24, 2.45) is 11.7 Å². The van der Waals surface area contributed by atoms with E-state index in [0.29, 0.717) is 18.2 Å². The van der Waals surface area contributed by atoms with Gasteiger partial charge in [0.15, 0.2) is 0 Å². The van der Waals surface area contributed by atoms with Crippen LogP contribution in [-0.2, 0) is 10.5 Å². The van der Waals surface area contributed by atoms with Crippen molar-refractivity contribution < 1.29 is 4.79 Å². The second-order valence-electron chi connectivity index (χ2n) is 5.62. The first-order chi connectivity index (χ1) is 10.3. The third-order valence-corrected chi connectivity index (χ3v) is 4.99. The van der Waals surface area contributed by atoms with Gasteiger partial charge in [0.2, 0.25) is 5.91 Å². The molecule has 1 aliphatic rings. The Labute approximate surface area is 131 Å². The smallest absolute Gasteiger partial charge is 0.230 e. The number of amides is 1. The zero-order chi connectivity index (χ0) is 14.9. The van der Waals surface area contributed by atoms with E-state index in [1.807, 2.05) is 18.2 Å². The first kappa shape index (κ1) is 16.3. The van der Waals surface area contributed by atoms with E-state index in [2.05, 4.69) is 10.3 Å². The highest BCUT2D eigenvalue weighted by atomic mass is 32.2. The fourth-order valence-corrected chi connectivity index (χ4v) is 3.64. The Morgan fingerprint density at radius 3 is 2.86 bits per heavy atom. The molecule has 1 heterocycles. The number of nitrogens with one attached hydrogen (secondary N) is 1. The van der Waals surface area contributed by atoms with Crippen molar-refractivity contribution in [1.82, 2.24) is 10.3 Å². The van der Waals surface area contributed by atoms with Crippen LogP contribution >= 0.6 is 11.8 Å². The SMILES string of the molecule is NCC(NC(=O)CSCc1ccccn1)C1CCCCC1. The van der Waals surface area contributed by atoms with E-state index < -0.39 is 0 Å². The van der Waals surface area contributed by atoms with Crippen LogP contribution < -0.4 is 11.1 Å². The number of thioether (sulfide) groups is 1. The molecule has 1 atom stereocenters. The van der Waals surface area contributed by atoms with Crippen molar-refractivity contribution in [1.29, 1.82) is 0 Å². The van der Waals surface area contributed by atoms with Gasteiger partial charge >= 0.3 is 0 Å². The predicted molar refractivity (Wildman–Crippen MR) is 88.0 cm³/mol. The molecule has 1 aromatic rings. The lowest BCUT2D eigenvalue weighted by atomic mass is 9.84. The lowest BCUT2D eigenvalue weighted by Crippen LogP contribution is -2.46. The minimum Gasteiger partial charge on any atom is -0.351 e. The van der Waals surface area contributed by atoms with Crippen LogP contribution in [0, 0.1) is 5.92 Å². The normalized spacial score (nSPS) is 17.4. The van der Waals surface area contributed by atoms with Crippen molar-refractivity contribution >= 4 is 17.7 Å². The molecule has 1 amide bonds. The third kappa shape index (κ3) is 5.67. The van der Waals surface area contributed by atoms with E-state index in [1.165, 1.54) is 32.1 Å². The summed E-state index contributed by atoms with van der Waals surface area (Å²) in [7, 11) is 0. The largest absolute Gasteiger partial charge is 0.351 e. The molecule has 1 unspecified atom stereocenters. The Kier molecular flexibility index (Phi) is 7.03. The van der Waals surface area contributed by atoms with E-state index in [9.17, 15) is 4.79 Å². The summed E-state index contributed by atoms with van der Waals surface area (Å²) in [6, 6.07) is 6.00. The first-order valence-corrected chi connectivity index (χ1v) is 8.92. The van der Waals surface area contributed by atoms with Gasteiger partial charge in [0, 0.05) is 24.5 Å². The average molecular weight is 307 g/mol. The molecule has 0 bridgehead atoms. The highest BCUT2D eigenvalue weighted by Gasteiger charge is 2.23. The van der Waals surface area contributed by atoms with Crippen molar-refractivity contribution in [3.8, 4) is 0 Å². The van der Waals surface area contributed by atoms with E-state index in [1.54, 1.807) is 18.0 Å². The van der Waals surface area contributed by atoms with Crippen molar-refractivity contribution in [3.63, 3.8) is 0 Å². The van der Waals surface area contributed by atoms with Crippen LogP contribution in [0.3, 0.4) is 0 Å². The lowest BCUT2D eigenvalue weighted by Gasteiger charge is -2.30. The van der Waals surface area contributed by atoms with Crippen molar-refractivity contribution in [2.75, 3.05) is 12.3 Å². The molecule has 2 rings (SSSR count). The van der Waals surface area contributed by atoms with Gasteiger partial charge in [-0.1, -0.05) is 25.3 Å². The number of hydrogen-bond acceptors (Lipinski definition) is 4. The van der Waals surface area contributed by atoms with Crippen molar-refractivity contribution in [3.05, 3.63) is 30.1 Å². The van der Waals surface area contributed by atoms with E-state index in [-0.39, 0.29) is 11.9 Å². The molecule has 21 heavy (non-hydrogen) atoms. The van der Waals surface area contributed by atoms with Gasteiger partial charge in [-0.15, -0.1) is 11.8 Å². The molecule has 5 heteroatoms. The molecule has 1 saturated carbocycles. The number of aromatic nitrogens is 1. The molecule has 0 spiro atoms. The van der Waals surface area contributed by atoms with Crippen LogP contribution in [0.2, 0.25) is 0 Å². The summed E-state index contributed by atoms with van der Waals surface area (Å²) in [4.78, 5) is 16.3. The standard InChI is InChI=1S/C16H25N3OS/c17-10-15(13-6-2-1-3-7-13)19-16(20)12-21-11-14-8-4-5-9-18-14/h4-5,8-9,13,15H,1-3,6-7,10-12,17H2,(H,19,20). The topological polar surface area (TPSA) is 68.0 Å². The molecule has 1 fully saturated rings. The van der Waals surface area contributed by atoms with Crippen LogP contribution in [0.1, 0.15) is 37.8 Å². The summed E-state index contributed by atoms with van der Waals surface area (Å²) < 4.78 is 0. The second kappa shape index (κ2) is 9.05.